The van der Waals surface area contributed by atoms with Gasteiger partial charge in [-0.05, 0) is 18.2 Å². The highest BCUT2D eigenvalue weighted by Crippen LogP contribution is 2.31. The number of carbonyl (C=O) groups excluding carboxylic acids is 1. The van der Waals surface area contributed by atoms with Gasteiger partial charge in [-0.15, -0.1) is 0 Å². The van der Waals surface area contributed by atoms with Gasteiger partial charge in [0.25, 0.3) is 5.91 Å². The van der Waals surface area contributed by atoms with Gasteiger partial charge in [-0.3, -0.25) is 4.79 Å². The predicted molar refractivity (Wildman–Crippen MR) is 78.4 cm³/mol. The van der Waals surface area contributed by atoms with Crippen LogP contribution >= 0.6 is 0 Å². The fourth-order valence-electron chi connectivity index (χ4n) is 1.80. The Morgan fingerprint density at radius 2 is 1.80 bits per heavy atom. The van der Waals surface area contributed by atoms with Gasteiger partial charge in [-0.25, -0.2) is 0 Å². The number of benzene rings is 2. The zero-order valence-corrected chi connectivity index (χ0v) is 11.3. The quantitative estimate of drug-likeness (QED) is 0.839. The number of para-hydroxylation sites is 1. The van der Waals surface area contributed by atoms with Crippen molar-refractivity contribution < 1.29 is 14.3 Å². The Morgan fingerprint density at radius 3 is 2.40 bits per heavy atom. The van der Waals surface area contributed by atoms with Gasteiger partial charge in [0.05, 0.1) is 25.5 Å². The van der Waals surface area contributed by atoms with E-state index in [9.17, 15) is 4.79 Å². The Balaban J connectivity index is 2.34. The molecule has 104 valence electrons. The maximum absolute atomic E-state index is 12.3. The molecule has 0 bridgehead atoms. The lowest BCUT2D eigenvalue weighted by molar-refractivity contribution is 0.102. The van der Waals surface area contributed by atoms with Crippen LogP contribution in [0.5, 0.6) is 11.5 Å². The number of amides is 1. The van der Waals surface area contributed by atoms with Crippen LogP contribution in [0.25, 0.3) is 0 Å². The summed E-state index contributed by atoms with van der Waals surface area (Å²) in [5.74, 6) is 0.600. The van der Waals surface area contributed by atoms with Gasteiger partial charge in [0.1, 0.15) is 11.5 Å². The second-order valence-corrected chi connectivity index (χ2v) is 4.11. The normalized spacial score (nSPS) is 9.90. The second-order valence-electron chi connectivity index (χ2n) is 4.11. The van der Waals surface area contributed by atoms with Crippen molar-refractivity contribution in [1.82, 2.24) is 0 Å². The number of nitrogens with one attached hydrogen (secondary N) is 1. The Bertz CT molecular complexity index is 612. The summed E-state index contributed by atoms with van der Waals surface area (Å²) < 4.78 is 10.3. The minimum atomic E-state index is -0.314. The predicted octanol–water partition coefficient (Wildman–Crippen LogP) is 2.54. The molecular formula is C15H16N2O3. The van der Waals surface area contributed by atoms with E-state index in [0.717, 1.165) is 0 Å². The van der Waals surface area contributed by atoms with E-state index in [0.29, 0.717) is 22.7 Å². The molecule has 1 amide bonds. The lowest BCUT2D eigenvalue weighted by atomic mass is 10.1. The third-order valence-corrected chi connectivity index (χ3v) is 2.85. The molecule has 0 aliphatic heterocycles. The number of hydrogen-bond acceptors (Lipinski definition) is 4. The average molecular weight is 272 g/mol. The van der Waals surface area contributed by atoms with Gasteiger partial charge < -0.3 is 20.5 Å². The molecule has 3 N–H and O–H groups in total. The smallest absolute Gasteiger partial charge is 0.258 e. The minimum Gasteiger partial charge on any atom is -0.497 e. The van der Waals surface area contributed by atoms with Gasteiger partial charge >= 0.3 is 0 Å². The summed E-state index contributed by atoms with van der Waals surface area (Å²) in [6.45, 7) is 0. The van der Waals surface area contributed by atoms with E-state index < -0.39 is 0 Å². The minimum absolute atomic E-state index is 0.279. The monoisotopic (exact) mass is 272 g/mol. The zero-order valence-electron chi connectivity index (χ0n) is 11.3. The van der Waals surface area contributed by atoms with Crippen LogP contribution in [0.3, 0.4) is 0 Å². The van der Waals surface area contributed by atoms with E-state index in [2.05, 4.69) is 5.32 Å². The van der Waals surface area contributed by atoms with Gasteiger partial charge in [-0.1, -0.05) is 18.2 Å². The van der Waals surface area contributed by atoms with Crippen molar-refractivity contribution in [3.05, 3.63) is 48.0 Å². The molecule has 0 fully saturated rings. The van der Waals surface area contributed by atoms with Crippen LogP contribution in [-0.4, -0.2) is 20.1 Å². The van der Waals surface area contributed by atoms with E-state index in [1.165, 1.54) is 14.2 Å². The number of hydrogen-bond donors (Lipinski definition) is 2. The van der Waals surface area contributed by atoms with Crippen LogP contribution in [0.4, 0.5) is 11.4 Å². The van der Waals surface area contributed by atoms with Gasteiger partial charge in [0.15, 0.2) is 0 Å². The molecule has 0 aliphatic rings. The van der Waals surface area contributed by atoms with Crippen LogP contribution < -0.4 is 20.5 Å². The third kappa shape index (κ3) is 2.83. The molecular weight excluding hydrogens is 256 g/mol. The van der Waals surface area contributed by atoms with Gasteiger partial charge in [-0.2, -0.15) is 0 Å². The van der Waals surface area contributed by atoms with Crippen molar-refractivity contribution in [2.24, 2.45) is 0 Å². The molecule has 0 aliphatic carbocycles. The van der Waals surface area contributed by atoms with Crippen LogP contribution in [0.1, 0.15) is 10.4 Å². The number of nitrogen functional groups attached to an aromatic ring is 1. The van der Waals surface area contributed by atoms with Crippen LogP contribution in [0.15, 0.2) is 42.5 Å². The maximum Gasteiger partial charge on any atom is 0.258 e. The number of carbonyl (C=O) groups is 1. The molecule has 0 heterocycles. The summed E-state index contributed by atoms with van der Waals surface area (Å²) in [5.41, 5.74) is 7.21. The first kappa shape index (κ1) is 13.7. The number of anilines is 2. The molecule has 5 nitrogen and oxygen atoms in total. The maximum atomic E-state index is 12.3. The van der Waals surface area contributed by atoms with Crippen molar-refractivity contribution in [2.45, 2.75) is 0 Å². The van der Waals surface area contributed by atoms with Crippen molar-refractivity contribution in [1.29, 1.82) is 0 Å². The summed E-state index contributed by atoms with van der Waals surface area (Å²) in [6.07, 6.45) is 0. The third-order valence-electron chi connectivity index (χ3n) is 2.85. The molecule has 0 radical (unpaired) electrons. The average Bonchev–Trinajstić information content (AvgIpc) is 2.48. The van der Waals surface area contributed by atoms with Crippen molar-refractivity contribution in [3.8, 4) is 11.5 Å². The zero-order chi connectivity index (χ0) is 14.5. The molecule has 20 heavy (non-hydrogen) atoms. The lowest BCUT2D eigenvalue weighted by Gasteiger charge is -2.12. The number of nitrogens with two attached hydrogens (primary N) is 1. The first-order valence-corrected chi connectivity index (χ1v) is 6.03. The summed E-state index contributed by atoms with van der Waals surface area (Å²) in [7, 11) is 3.01. The molecule has 0 aromatic heterocycles. The Labute approximate surface area is 117 Å². The van der Waals surface area contributed by atoms with Crippen LogP contribution in [0.2, 0.25) is 0 Å². The molecule has 2 aromatic rings. The molecule has 5 heteroatoms. The van der Waals surface area contributed by atoms with E-state index in [-0.39, 0.29) is 11.6 Å². The Kier molecular flexibility index (Phi) is 4.10. The highest BCUT2D eigenvalue weighted by molar-refractivity contribution is 6.08. The largest absolute Gasteiger partial charge is 0.497 e. The van der Waals surface area contributed by atoms with Crippen molar-refractivity contribution in [2.75, 3.05) is 25.3 Å². The number of ether oxygens (including phenoxy) is 2. The highest BCUT2D eigenvalue weighted by atomic mass is 16.5. The molecule has 2 aromatic carbocycles. The topological polar surface area (TPSA) is 73.6 Å². The van der Waals surface area contributed by atoms with Crippen molar-refractivity contribution in [3.63, 3.8) is 0 Å². The molecule has 2 rings (SSSR count). The summed E-state index contributed by atoms with van der Waals surface area (Å²) in [5, 5.41) is 2.77. The van der Waals surface area contributed by atoms with Gasteiger partial charge in [0, 0.05) is 11.8 Å². The summed E-state index contributed by atoms with van der Waals surface area (Å²) in [4.78, 5) is 12.3. The number of methoxy groups -OCH3 is 2. The molecule has 0 unspecified atom stereocenters. The second kappa shape index (κ2) is 5.97. The SMILES string of the molecule is COc1cc(OC)c(N)c(C(=O)Nc2ccccc2)c1. The molecule has 0 saturated heterocycles. The first-order valence-electron chi connectivity index (χ1n) is 6.03. The van der Waals surface area contributed by atoms with Crippen LogP contribution in [-0.2, 0) is 0 Å². The fraction of sp³-hybridized carbons (Fsp3) is 0.133. The van der Waals surface area contributed by atoms with E-state index in [1.54, 1.807) is 24.3 Å². The van der Waals surface area contributed by atoms with E-state index in [1.807, 2.05) is 18.2 Å². The standard InChI is InChI=1S/C15H16N2O3/c1-19-11-8-12(14(16)13(9-11)20-2)15(18)17-10-6-4-3-5-7-10/h3-9H,16H2,1-2H3,(H,17,18). The highest BCUT2D eigenvalue weighted by Gasteiger charge is 2.16. The lowest BCUT2D eigenvalue weighted by Crippen LogP contribution is -2.14. The molecule has 0 atom stereocenters. The van der Waals surface area contributed by atoms with E-state index in [4.69, 9.17) is 15.2 Å². The van der Waals surface area contributed by atoms with Gasteiger partial charge in [0.2, 0.25) is 0 Å². The Hall–Kier alpha value is -2.69. The summed E-state index contributed by atoms with van der Waals surface area (Å²) >= 11 is 0. The van der Waals surface area contributed by atoms with E-state index >= 15 is 0 Å². The first-order chi connectivity index (χ1) is 9.65. The van der Waals surface area contributed by atoms with Crippen LogP contribution in [0, 0.1) is 0 Å². The summed E-state index contributed by atoms with van der Waals surface area (Å²) in [6, 6.07) is 12.4. The molecule has 0 spiro atoms. The number of rotatable bonds is 4. The fourth-order valence-corrected chi connectivity index (χ4v) is 1.80. The van der Waals surface area contributed by atoms with Crippen molar-refractivity contribution >= 4 is 17.3 Å². The Morgan fingerprint density at radius 1 is 1.10 bits per heavy atom. The molecule has 0 saturated carbocycles.